The minimum Gasteiger partial charge on any atom is -0.314 e. The third-order valence-electron chi connectivity index (χ3n) is 14.0. The lowest BCUT2D eigenvalue weighted by Crippen LogP contribution is -2.35. The Morgan fingerprint density at radius 1 is 0.577 bits per heavy atom. The van der Waals surface area contributed by atoms with Crippen LogP contribution in [0.5, 0.6) is 0 Å². The fourth-order valence-electron chi connectivity index (χ4n) is 10.3. The number of rotatable bonds is 7. The van der Waals surface area contributed by atoms with Crippen LogP contribution in [0.15, 0.2) is 96.7 Å². The molecule has 4 aromatic carbocycles. The van der Waals surface area contributed by atoms with Crippen molar-refractivity contribution in [2.75, 3.05) is 4.90 Å². The SMILES string of the molecule is C=C(/C=C(\CC)N(c1cc2c(cc1C)C(C)(C)CCC2(C)C)c1cc2c(cc1C)C(C)(C)CCC2(C)C)C1(CC)c2ccccc2-c2ccccc21. The number of aryl methyl sites for hydroxylation is 2. The molecule has 0 heterocycles. The Morgan fingerprint density at radius 3 is 1.31 bits per heavy atom. The predicted molar refractivity (Wildman–Crippen MR) is 226 cm³/mol. The zero-order chi connectivity index (χ0) is 37.6. The van der Waals surface area contributed by atoms with E-state index in [0.717, 1.165) is 12.8 Å². The number of hydrogen-bond acceptors (Lipinski definition) is 1. The number of allylic oxidation sites excluding steroid dienone is 3. The van der Waals surface area contributed by atoms with Gasteiger partial charge >= 0.3 is 0 Å². The lowest BCUT2D eigenvalue weighted by Gasteiger charge is -2.44. The van der Waals surface area contributed by atoms with Gasteiger partial charge in [0.1, 0.15) is 0 Å². The standard InChI is InChI=1S/C51H63N/c1-14-36(30-35(5)51(15-2)39-22-18-16-20-37(39)38-21-17-19-23-40(38)51)52(45-31-43-41(28-33(45)3)47(6,7)24-26-49(43,10)11)46-32-44-42(29-34(46)4)48(8,9)25-27-50(44,12)13/h16-23,28-32H,5,14-15,24-27H2,1-4,6-13H3/b36-30+. The van der Waals surface area contributed by atoms with Gasteiger partial charge in [-0.15, -0.1) is 0 Å². The molecule has 1 nitrogen and oxygen atoms in total. The van der Waals surface area contributed by atoms with Gasteiger partial charge in [0.15, 0.2) is 0 Å². The second-order valence-corrected chi connectivity index (χ2v) is 19.1. The van der Waals surface area contributed by atoms with Gasteiger partial charge in [-0.05, 0) is 153 Å². The molecule has 272 valence electrons. The molecule has 0 saturated carbocycles. The molecule has 0 N–H and O–H groups in total. The summed E-state index contributed by atoms with van der Waals surface area (Å²) in [4.78, 5) is 2.65. The smallest absolute Gasteiger partial charge is 0.0490 e. The van der Waals surface area contributed by atoms with Crippen molar-refractivity contribution >= 4 is 11.4 Å². The second kappa shape index (κ2) is 12.4. The quantitative estimate of drug-likeness (QED) is 0.175. The Morgan fingerprint density at radius 2 is 0.942 bits per heavy atom. The first kappa shape index (κ1) is 36.5. The van der Waals surface area contributed by atoms with E-state index < -0.39 is 0 Å². The molecular formula is C51H63N. The fourth-order valence-corrected chi connectivity index (χ4v) is 10.3. The normalized spacial score (nSPS) is 20.0. The zero-order valence-corrected chi connectivity index (χ0v) is 34.4. The Bertz CT molecular complexity index is 1980. The molecule has 0 aliphatic heterocycles. The van der Waals surface area contributed by atoms with Gasteiger partial charge in [-0.2, -0.15) is 0 Å². The zero-order valence-electron chi connectivity index (χ0n) is 34.4. The van der Waals surface area contributed by atoms with Gasteiger partial charge < -0.3 is 4.90 Å². The van der Waals surface area contributed by atoms with Crippen molar-refractivity contribution in [3.8, 4) is 11.1 Å². The number of anilines is 2. The van der Waals surface area contributed by atoms with Crippen LogP contribution in [-0.2, 0) is 27.1 Å². The Labute approximate surface area is 316 Å². The van der Waals surface area contributed by atoms with Gasteiger partial charge in [-0.1, -0.05) is 136 Å². The molecule has 0 atom stereocenters. The molecule has 3 aliphatic rings. The molecule has 0 radical (unpaired) electrons. The maximum atomic E-state index is 5.00. The highest BCUT2D eigenvalue weighted by Crippen LogP contribution is 2.56. The van der Waals surface area contributed by atoms with E-state index in [9.17, 15) is 0 Å². The van der Waals surface area contributed by atoms with Crippen molar-refractivity contribution in [2.45, 2.75) is 149 Å². The topological polar surface area (TPSA) is 3.24 Å². The van der Waals surface area contributed by atoms with Crippen LogP contribution in [0.2, 0.25) is 0 Å². The van der Waals surface area contributed by atoms with Crippen molar-refractivity contribution < 1.29 is 0 Å². The van der Waals surface area contributed by atoms with E-state index in [0.29, 0.717) is 0 Å². The van der Waals surface area contributed by atoms with E-state index in [-0.39, 0.29) is 27.1 Å². The summed E-state index contributed by atoms with van der Waals surface area (Å²) < 4.78 is 0. The Balaban J connectivity index is 1.50. The molecule has 0 unspecified atom stereocenters. The highest BCUT2D eigenvalue weighted by Gasteiger charge is 2.44. The van der Waals surface area contributed by atoms with E-state index in [1.54, 1.807) is 0 Å². The van der Waals surface area contributed by atoms with Gasteiger partial charge in [-0.3, -0.25) is 0 Å². The molecule has 0 bridgehead atoms. The van der Waals surface area contributed by atoms with E-state index in [2.05, 4.69) is 167 Å². The van der Waals surface area contributed by atoms with Crippen LogP contribution in [0.1, 0.15) is 152 Å². The van der Waals surface area contributed by atoms with Crippen molar-refractivity contribution in [3.63, 3.8) is 0 Å². The number of benzene rings is 4. The number of fused-ring (bicyclic) bond motifs is 5. The van der Waals surface area contributed by atoms with Crippen LogP contribution < -0.4 is 4.90 Å². The average molecular weight is 690 g/mol. The van der Waals surface area contributed by atoms with Gasteiger partial charge in [0.25, 0.3) is 0 Å². The Hall–Kier alpha value is -3.84. The van der Waals surface area contributed by atoms with Crippen molar-refractivity contribution in [2.24, 2.45) is 0 Å². The average Bonchev–Trinajstić information content (AvgIpc) is 3.40. The lowest BCUT2D eigenvalue weighted by molar-refractivity contribution is 0.331. The molecule has 0 fully saturated rings. The Kier molecular flexibility index (Phi) is 8.68. The first-order chi connectivity index (χ1) is 24.4. The summed E-state index contributed by atoms with van der Waals surface area (Å²) in [5, 5.41) is 0. The maximum Gasteiger partial charge on any atom is 0.0490 e. The molecule has 52 heavy (non-hydrogen) atoms. The third kappa shape index (κ3) is 5.47. The number of nitrogens with zero attached hydrogens (tertiary/aromatic N) is 1. The fraction of sp³-hybridized carbons (Fsp3) is 0.451. The van der Waals surface area contributed by atoms with Crippen LogP contribution in [0.3, 0.4) is 0 Å². The molecule has 0 saturated heterocycles. The summed E-state index contributed by atoms with van der Waals surface area (Å²) in [6.45, 7) is 34.0. The molecule has 7 rings (SSSR count). The summed E-state index contributed by atoms with van der Waals surface area (Å²) in [7, 11) is 0. The summed E-state index contributed by atoms with van der Waals surface area (Å²) in [5.41, 5.74) is 19.5. The molecule has 0 amide bonds. The number of hydrogen-bond donors (Lipinski definition) is 0. The monoisotopic (exact) mass is 689 g/mol. The molecule has 3 aliphatic carbocycles. The third-order valence-corrected chi connectivity index (χ3v) is 14.0. The lowest BCUT2D eigenvalue weighted by atomic mass is 9.62. The highest BCUT2D eigenvalue weighted by atomic mass is 15.2. The van der Waals surface area contributed by atoms with Crippen LogP contribution in [-0.4, -0.2) is 0 Å². The summed E-state index contributed by atoms with van der Waals surface area (Å²) in [6.07, 6.45) is 9.14. The highest BCUT2D eigenvalue weighted by molar-refractivity contribution is 5.84. The summed E-state index contributed by atoms with van der Waals surface area (Å²) in [5.74, 6) is 0. The van der Waals surface area contributed by atoms with Crippen molar-refractivity contribution in [1.29, 1.82) is 0 Å². The molecule has 0 aromatic heterocycles. The van der Waals surface area contributed by atoms with Gasteiger partial charge in [0.05, 0.1) is 0 Å². The van der Waals surface area contributed by atoms with E-state index >= 15 is 0 Å². The minimum atomic E-state index is -0.285. The van der Waals surface area contributed by atoms with Crippen LogP contribution >= 0.6 is 0 Å². The molecule has 0 spiro atoms. The van der Waals surface area contributed by atoms with Gasteiger partial charge in [0.2, 0.25) is 0 Å². The second-order valence-electron chi connectivity index (χ2n) is 19.1. The first-order valence-electron chi connectivity index (χ1n) is 20.1. The summed E-state index contributed by atoms with van der Waals surface area (Å²) >= 11 is 0. The molecule has 4 aromatic rings. The van der Waals surface area contributed by atoms with Crippen molar-refractivity contribution in [1.82, 2.24) is 0 Å². The van der Waals surface area contributed by atoms with E-state index in [4.69, 9.17) is 6.58 Å². The minimum absolute atomic E-state index is 0.110. The maximum absolute atomic E-state index is 5.00. The first-order valence-corrected chi connectivity index (χ1v) is 20.1. The summed E-state index contributed by atoms with van der Waals surface area (Å²) in [6, 6.07) is 28.3. The molecular weight excluding hydrogens is 627 g/mol. The van der Waals surface area contributed by atoms with E-state index in [1.807, 2.05) is 0 Å². The predicted octanol–water partition coefficient (Wildman–Crippen LogP) is 14.4. The van der Waals surface area contributed by atoms with Crippen molar-refractivity contribution in [3.05, 3.63) is 141 Å². The van der Waals surface area contributed by atoms with Crippen LogP contribution in [0.4, 0.5) is 11.4 Å². The molecule has 1 heteroatoms. The largest absolute Gasteiger partial charge is 0.314 e. The van der Waals surface area contributed by atoms with E-state index in [1.165, 1.54) is 104 Å². The van der Waals surface area contributed by atoms with Gasteiger partial charge in [0, 0.05) is 22.5 Å². The van der Waals surface area contributed by atoms with Gasteiger partial charge in [-0.25, -0.2) is 0 Å². The van der Waals surface area contributed by atoms with Crippen LogP contribution in [0, 0.1) is 13.8 Å². The van der Waals surface area contributed by atoms with Crippen LogP contribution in [0.25, 0.3) is 11.1 Å².